The summed E-state index contributed by atoms with van der Waals surface area (Å²) in [6.45, 7) is 2.76. The molecule has 0 heterocycles. The first-order chi connectivity index (χ1) is 10.6. The summed E-state index contributed by atoms with van der Waals surface area (Å²) in [7, 11) is 0. The Hall–Kier alpha value is -2.00. The Morgan fingerprint density at radius 3 is 2.59 bits per heavy atom. The van der Waals surface area contributed by atoms with Crippen LogP contribution in [0.3, 0.4) is 0 Å². The molecular formula is C18H20ClN3. The molecule has 0 spiro atoms. The number of nitrogens with zero attached hydrogens (tertiary/aromatic N) is 1. The maximum atomic E-state index is 6.01. The van der Waals surface area contributed by atoms with E-state index in [-0.39, 0.29) is 5.41 Å². The van der Waals surface area contributed by atoms with Gasteiger partial charge in [-0.25, -0.2) is 0 Å². The van der Waals surface area contributed by atoms with Gasteiger partial charge < -0.3 is 11.1 Å². The predicted octanol–water partition coefficient (Wildman–Crippen LogP) is 4.11. The van der Waals surface area contributed by atoms with Crippen molar-refractivity contribution in [2.45, 2.75) is 25.2 Å². The van der Waals surface area contributed by atoms with Crippen molar-refractivity contribution >= 4 is 23.2 Å². The molecule has 2 aromatic rings. The highest BCUT2D eigenvalue weighted by atomic mass is 35.5. The van der Waals surface area contributed by atoms with Crippen LogP contribution in [0.25, 0.3) is 0 Å². The van der Waals surface area contributed by atoms with Gasteiger partial charge in [-0.05, 0) is 55.2 Å². The SMILES string of the molecule is Cc1cccc(NC(N)=NCC2(c3ccc(Cl)cc3)CC2)c1. The standard InChI is InChI=1S/C18H20ClN3/c1-13-3-2-4-16(11-13)22-17(20)21-12-18(9-10-18)14-5-7-15(19)8-6-14/h2-8,11H,9-10,12H2,1H3,(H3,20,21,22). The number of guanidine groups is 1. The molecule has 1 fully saturated rings. The Labute approximate surface area is 136 Å². The number of nitrogens with one attached hydrogen (secondary N) is 1. The van der Waals surface area contributed by atoms with Gasteiger partial charge in [0.05, 0.1) is 6.54 Å². The fraction of sp³-hybridized carbons (Fsp3) is 0.278. The largest absolute Gasteiger partial charge is 0.370 e. The van der Waals surface area contributed by atoms with Gasteiger partial charge in [-0.3, -0.25) is 4.99 Å². The Morgan fingerprint density at radius 1 is 1.23 bits per heavy atom. The summed E-state index contributed by atoms with van der Waals surface area (Å²) in [6.07, 6.45) is 2.30. The van der Waals surface area contributed by atoms with Crippen molar-refractivity contribution in [2.75, 3.05) is 11.9 Å². The summed E-state index contributed by atoms with van der Waals surface area (Å²) in [4.78, 5) is 4.53. The van der Waals surface area contributed by atoms with Crippen molar-refractivity contribution < 1.29 is 0 Å². The monoisotopic (exact) mass is 313 g/mol. The number of benzene rings is 2. The molecule has 0 bridgehead atoms. The lowest BCUT2D eigenvalue weighted by Gasteiger charge is -2.14. The molecule has 0 saturated heterocycles. The summed E-state index contributed by atoms with van der Waals surface area (Å²) in [5.74, 6) is 0.464. The first kappa shape index (κ1) is 14.9. The lowest BCUT2D eigenvalue weighted by atomic mass is 9.96. The zero-order valence-electron chi connectivity index (χ0n) is 12.6. The number of anilines is 1. The highest BCUT2D eigenvalue weighted by Gasteiger charge is 2.44. The van der Waals surface area contributed by atoms with Crippen LogP contribution in [0.4, 0.5) is 5.69 Å². The first-order valence-electron chi connectivity index (χ1n) is 7.47. The Kier molecular flexibility index (Phi) is 4.08. The highest BCUT2D eigenvalue weighted by Crippen LogP contribution is 2.48. The molecule has 3 nitrogen and oxygen atoms in total. The number of aryl methyl sites for hydroxylation is 1. The summed E-state index contributed by atoms with van der Waals surface area (Å²) >= 11 is 5.96. The van der Waals surface area contributed by atoms with E-state index in [9.17, 15) is 0 Å². The Morgan fingerprint density at radius 2 is 1.95 bits per heavy atom. The maximum absolute atomic E-state index is 6.01. The topological polar surface area (TPSA) is 50.4 Å². The summed E-state index contributed by atoms with van der Waals surface area (Å²) < 4.78 is 0. The first-order valence-corrected chi connectivity index (χ1v) is 7.85. The summed E-state index contributed by atoms with van der Waals surface area (Å²) in [5.41, 5.74) is 9.61. The van der Waals surface area contributed by atoms with Crippen LogP contribution in [0.5, 0.6) is 0 Å². The van der Waals surface area contributed by atoms with Gasteiger partial charge in [0.25, 0.3) is 0 Å². The Balaban J connectivity index is 1.66. The molecule has 1 aliphatic carbocycles. The smallest absolute Gasteiger partial charge is 0.193 e. The zero-order chi connectivity index (χ0) is 15.6. The average molecular weight is 314 g/mol. The van der Waals surface area contributed by atoms with Crippen LogP contribution in [0.1, 0.15) is 24.0 Å². The van der Waals surface area contributed by atoms with E-state index >= 15 is 0 Å². The molecule has 1 saturated carbocycles. The molecule has 114 valence electrons. The molecule has 1 aliphatic rings. The maximum Gasteiger partial charge on any atom is 0.193 e. The van der Waals surface area contributed by atoms with Crippen LogP contribution >= 0.6 is 11.6 Å². The quantitative estimate of drug-likeness (QED) is 0.659. The molecular weight excluding hydrogens is 294 g/mol. The fourth-order valence-corrected chi connectivity index (χ4v) is 2.77. The normalized spacial score (nSPS) is 16.4. The van der Waals surface area contributed by atoms with Crippen molar-refractivity contribution in [3.63, 3.8) is 0 Å². The van der Waals surface area contributed by atoms with Crippen LogP contribution in [-0.4, -0.2) is 12.5 Å². The molecule has 0 atom stereocenters. The third-order valence-electron chi connectivity index (χ3n) is 4.15. The van der Waals surface area contributed by atoms with Gasteiger partial charge in [-0.1, -0.05) is 35.9 Å². The van der Waals surface area contributed by atoms with Crippen molar-refractivity contribution in [2.24, 2.45) is 10.7 Å². The van der Waals surface area contributed by atoms with Crippen LogP contribution in [-0.2, 0) is 5.41 Å². The molecule has 22 heavy (non-hydrogen) atoms. The van der Waals surface area contributed by atoms with Gasteiger partial charge in [0.15, 0.2) is 5.96 Å². The minimum absolute atomic E-state index is 0.142. The zero-order valence-corrected chi connectivity index (χ0v) is 13.4. The van der Waals surface area contributed by atoms with Gasteiger partial charge in [0.2, 0.25) is 0 Å². The molecule has 3 rings (SSSR count). The van der Waals surface area contributed by atoms with Gasteiger partial charge in [0, 0.05) is 16.1 Å². The lowest BCUT2D eigenvalue weighted by Crippen LogP contribution is -2.25. The van der Waals surface area contributed by atoms with E-state index in [1.165, 1.54) is 11.1 Å². The van der Waals surface area contributed by atoms with Crippen molar-refractivity contribution in [1.29, 1.82) is 0 Å². The van der Waals surface area contributed by atoms with E-state index in [4.69, 9.17) is 17.3 Å². The van der Waals surface area contributed by atoms with Crippen molar-refractivity contribution in [1.82, 2.24) is 0 Å². The highest BCUT2D eigenvalue weighted by molar-refractivity contribution is 6.30. The fourth-order valence-electron chi connectivity index (χ4n) is 2.64. The van der Waals surface area contributed by atoms with Crippen molar-refractivity contribution in [3.8, 4) is 0 Å². The average Bonchev–Trinajstić information content (AvgIpc) is 3.27. The van der Waals surface area contributed by atoms with Crippen LogP contribution in [0.15, 0.2) is 53.5 Å². The van der Waals surface area contributed by atoms with E-state index in [2.05, 4.69) is 41.5 Å². The molecule has 2 aromatic carbocycles. The van der Waals surface area contributed by atoms with E-state index in [1.807, 2.05) is 24.3 Å². The second kappa shape index (κ2) is 6.01. The van der Waals surface area contributed by atoms with Gasteiger partial charge in [-0.2, -0.15) is 0 Å². The molecule has 0 unspecified atom stereocenters. The lowest BCUT2D eigenvalue weighted by molar-refractivity contribution is 0.705. The van der Waals surface area contributed by atoms with E-state index in [1.54, 1.807) is 0 Å². The third-order valence-corrected chi connectivity index (χ3v) is 4.40. The van der Waals surface area contributed by atoms with Gasteiger partial charge in [-0.15, -0.1) is 0 Å². The van der Waals surface area contributed by atoms with E-state index in [0.717, 1.165) is 23.6 Å². The summed E-state index contributed by atoms with van der Waals surface area (Å²) in [6, 6.07) is 16.2. The molecule has 0 aliphatic heterocycles. The molecule has 0 aromatic heterocycles. The Bertz CT molecular complexity index is 688. The molecule has 3 N–H and O–H groups in total. The molecule has 4 heteroatoms. The van der Waals surface area contributed by atoms with Crippen LogP contribution in [0, 0.1) is 6.92 Å². The van der Waals surface area contributed by atoms with Gasteiger partial charge >= 0.3 is 0 Å². The third kappa shape index (κ3) is 3.42. The number of aliphatic imine (C=N–C) groups is 1. The predicted molar refractivity (Wildman–Crippen MR) is 93.7 cm³/mol. The number of hydrogen-bond donors (Lipinski definition) is 2. The second-order valence-corrected chi connectivity index (χ2v) is 6.42. The number of nitrogens with two attached hydrogens (primary N) is 1. The van der Waals surface area contributed by atoms with E-state index in [0.29, 0.717) is 12.5 Å². The van der Waals surface area contributed by atoms with Crippen molar-refractivity contribution in [3.05, 3.63) is 64.7 Å². The number of halogens is 1. The molecule has 0 amide bonds. The minimum Gasteiger partial charge on any atom is -0.370 e. The number of rotatable bonds is 4. The molecule has 0 radical (unpaired) electrons. The minimum atomic E-state index is 0.142. The number of hydrogen-bond acceptors (Lipinski definition) is 1. The second-order valence-electron chi connectivity index (χ2n) is 5.98. The van der Waals surface area contributed by atoms with Crippen LogP contribution < -0.4 is 11.1 Å². The summed E-state index contributed by atoms with van der Waals surface area (Å²) in [5, 5.41) is 3.92. The van der Waals surface area contributed by atoms with Gasteiger partial charge in [0.1, 0.15) is 0 Å². The van der Waals surface area contributed by atoms with Crippen LogP contribution in [0.2, 0.25) is 5.02 Å². The van der Waals surface area contributed by atoms with E-state index < -0.39 is 0 Å².